The topological polar surface area (TPSA) is 118 Å². The van der Waals surface area contributed by atoms with Crippen LogP contribution in [0.15, 0.2) is 65.1 Å². The summed E-state index contributed by atoms with van der Waals surface area (Å²) in [5, 5.41) is 14.3. The number of ether oxygens (including phenoxy) is 1. The summed E-state index contributed by atoms with van der Waals surface area (Å²) in [7, 11) is 0. The molecule has 1 aromatic heterocycles. The van der Waals surface area contributed by atoms with Gasteiger partial charge in [-0.25, -0.2) is 9.59 Å². The highest BCUT2D eigenvalue weighted by Gasteiger charge is 2.29. The van der Waals surface area contributed by atoms with Crippen LogP contribution in [-0.4, -0.2) is 35.7 Å². The van der Waals surface area contributed by atoms with E-state index in [4.69, 9.17) is 14.3 Å². The second-order valence-electron chi connectivity index (χ2n) is 8.34. The third-order valence-electron chi connectivity index (χ3n) is 6.16. The van der Waals surface area contributed by atoms with E-state index in [1.807, 2.05) is 24.3 Å². The molecule has 0 spiro atoms. The number of furan rings is 1. The Morgan fingerprint density at radius 3 is 2.18 bits per heavy atom. The summed E-state index contributed by atoms with van der Waals surface area (Å²) < 4.78 is 10.7. The van der Waals surface area contributed by atoms with E-state index in [0.717, 1.165) is 22.3 Å². The lowest BCUT2D eigenvalue weighted by molar-refractivity contribution is -0.125. The van der Waals surface area contributed by atoms with E-state index in [2.05, 4.69) is 34.9 Å². The molecule has 8 nitrogen and oxygen atoms in total. The van der Waals surface area contributed by atoms with Crippen LogP contribution in [0.5, 0.6) is 0 Å². The summed E-state index contributed by atoms with van der Waals surface area (Å²) >= 11 is 0. The molecule has 1 aliphatic carbocycles. The number of fused-ring (bicyclic) bond motifs is 3. The van der Waals surface area contributed by atoms with Gasteiger partial charge < -0.3 is 24.9 Å². The quantitative estimate of drug-likeness (QED) is 0.463. The molecule has 0 aliphatic heterocycles. The Morgan fingerprint density at radius 1 is 0.971 bits per heavy atom. The molecule has 2 unspecified atom stereocenters. The largest absolute Gasteiger partial charge is 0.475 e. The summed E-state index contributed by atoms with van der Waals surface area (Å²) in [6.45, 7) is 3.65. The van der Waals surface area contributed by atoms with Gasteiger partial charge >= 0.3 is 12.1 Å². The Kier molecular flexibility index (Phi) is 6.67. The van der Waals surface area contributed by atoms with Gasteiger partial charge in [0.05, 0.1) is 12.5 Å². The Labute approximate surface area is 196 Å². The maximum Gasteiger partial charge on any atom is 0.407 e. The van der Waals surface area contributed by atoms with E-state index < -0.39 is 24.0 Å². The molecule has 2 aromatic carbocycles. The van der Waals surface area contributed by atoms with Crippen LogP contribution in [-0.2, 0) is 16.1 Å². The molecule has 0 saturated heterocycles. The number of hydrogen-bond donors (Lipinski definition) is 3. The number of benzene rings is 2. The molecule has 3 aromatic rings. The second-order valence-corrected chi connectivity index (χ2v) is 8.34. The molecular weight excluding hydrogens is 436 g/mol. The molecule has 0 radical (unpaired) electrons. The normalized spacial score (nSPS) is 13.9. The number of carbonyl (C=O) groups is 3. The van der Waals surface area contributed by atoms with E-state index in [1.165, 1.54) is 12.1 Å². The fraction of sp³-hybridized carbons (Fsp3) is 0.269. The minimum absolute atomic E-state index is 0.0434. The fourth-order valence-electron chi connectivity index (χ4n) is 4.10. The molecule has 0 fully saturated rings. The Hall–Kier alpha value is -4.07. The van der Waals surface area contributed by atoms with Crippen molar-refractivity contribution >= 4 is 18.0 Å². The first-order valence-electron chi connectivity index (χ1n) is 11.1. The van der Waals surface area contributed by atoms with E-state index >= 15 is 0 Å². The van der Waals surface area contributed by atoms with E-state index in [9.17, 15) is 14.4 Å². The number of alkyl carbamates (subject to hydrolysis) is 1. The maximum atomic E-state index is 12.5. The van der Waals surface area contributed by atoms with Gasteiger partial charge in [0.25, 0.3) is 0 Å². The maximum absolute atomic E-state index is 12.5. The minimum atomic E-state index is -1.17. The highest BCUT2D eigenvalue weighted by molar-refractivity contribution is 5.84. The molecular formula is C26H26N2O6. The van der Waals surface area contributed by atoms with Crippen LogP contribution in [0.1, 0.15) is 47.2 Å². The van der Waals surface area contributed by atoms with Crippen LogP contribution < -0.4 is 10.6 Å². The van der Waals surface area contributed by atoms with Crippen molar-refractivity contribution in [2.45, 2.75) is 32.4 Å². The standard InChI is InChI=1S/C26H26N2O6/c1-15(24(29)27-13-17-11-12-23(34-17)25(30)31)16(2)28-26(32)33-14-22-20-9-5-3-7-18(20)19-8-4-6-10-21(19)22/h3-12,15-16,22H,13-14H2,1-2H3,(H,27,29)(H,28,32)(H,30,31). The molecule has 2 amide bonds. The molecule has 176 valence electrons. The zero-order valence-corrected chi connectivity index (χ0v) is 18.9. The van der Waals surface area contributed by atoms with Gasteiger partial charge in [-0.05, 0) is 41.3 Å². The number of hydrogen-bond acceptors (Lipinski definition) is 5. The van der Waals surface area contributed by atoms with E-state index in [0.29, 0.717) is 5.76 Å². The molecule has 3 N–H and O–H groups in total. The molecule has 2 atom stereocenters. The number of carboxylic acid groups (broad SMARTS) is 1. The van der Waals surface area contributed by atoms with Crippen molar-refractivity contribution in [2.75, 3.05) is 6.61 Å². The predicted molar refractivity (Wildman–Crippen MR) is 124 cm³/mol. The number of aromatic carboxylic acids is 1. The predicted octanol–water partition coefficient (Wildman–Crippen LogP) is 4.16. The van der Waals surface area contributed by atoms with Crippen molar-refractivity contribution in [3.8, 4) is 11.1 Å². The van der Waals surface area contributed by atoms with Crippen LogP contribution in [0.25, 0.3) is 11.1 Å². The number of carboxylic acids is 1. The third-order valence-corrected chi connectivity index (χ3v) is 6.16. The van der Waals surface area contributed by atoms with Gasteiger partial charge in [0.2, 0.25) is 11.7 Å². The molecule has 34 heavy (non-hydrogen) atoms. The zero-order chi connectivity index (χ0) is 24.2. The van der Waals surface area contributed by atoms with Crippen molar-refractivity contribution in [1.29, 1.82) is 0 Å². The van der Waals surface area contributed by atoms with E-state index in [1.54, 1.807) is 13.8 Å². The average Bonchev–Trinajstić information content (AvgIpc) is 3.44. The van der Waals surface area contributed by atoms with E-state index in [-0.39, 0.29) is 30.7 Å². The summed E-state index contributed by atoms with van der Waals surface area (Å²) in [5.74, 6) is -1.93. The second kappa shape index (κ2) is 9.82. The number of amides is 2. The van der Waals surface area contributed by atoms with Gasteiger partial charge in [-0.1, -0.05) is 55.5 Å². The van der Waals surface area contributed by atoms with Gasteiger partial charge in [-0.15, -0.1) is 0 Å². The summed E-state index contributed by atoms with van der Waals surface area (Å²) in [6.07, 6.45) is -0.592. The lowest BCUT2D eigenvalue weighted by Gasteiger charge is -2.21. The molecule has 4 rings (SSSR count). The first kappa shape index (κ1) is 23.1. The Morgan fingerprint density at radius 2 is 1.59 bits per heavy atom. The summed E-state index contributed by atoms with van der Waals surface area (Å²) in [4.78, 5) is 35.8. The smallest absolute Gasteiger partial charge is 0.407 e. The van der Waals surface area contributed by atoms with Crippen molar-refractivity contribution in [3.63, 3.8) is 0 Å². The average molecular weight is 463 g/mol. The van der Waals surface area contributed by atoms with Crippen LogP contribution in [0.3, 0.4) is 0 Å². The Balaban J connectivity index is 1.29. The Bertz CT molecular complexity index is 1170. The van der Waals surface area contributed by atoms with Crippen molar-refractivity contribution in [3.05, 3.63) is 83.3 Å². The van der Waals surface area contributed by atoms with Gasteiger partial charge in [-0.3, -0.25) is 4.79 Å². The number of rotatable bonds is 8. The van der Waals surface area contributed by atoms with Crippen LogP contribution >= 0.6 is 0 Å². The molecule has 0 saturated carbocycles. The molecule has 8 heteroatoms. The first-order valence-corrected chi connectivity index (χ1v) is 11.1. The zero-order valence-electron chi connectivity index (χ0n) is 18.9. The van der Waals surface area contributed by atoms with Gasteiger partial charge in [0.1, 0.15) is 12.4 Å². The van der Waals surface area contributed by atoms with Crippen molar-refractivity contribution in [2.24, 2.45) is 5.92 Å². The number of carbonyl (C=O) groups excluding carboxylic acids is 2. The molecule has 1 heterocycles. The first-order chi connectivity index (χ1) is 16.3. The van der Waals surface area contributed by atoms with Crippen molar-refractivity contribution < 1.29 is 28.6 Å². The minimum Gasteiger partial charge on any atom is -0.475 e. The molecule has 0 bridgehead atoms. The van der Waals surface area contributed by atoms with Crippen LogP contribution in [0.4, 0.5) is 4.79 Å². The molecule has 1 aliphatic rings. The van der Waals surface area contributed by atoms with Crippen molar-refractivity contribution in [1.82, 2.24) is 10.6 Å². The van der Waals surface area contributed by atoms with Crippen LogP contribution in [0, 0.1) is 5.92 Å². The van der Waals surface area contributed by atoms with Crippen LogP contribution in [0.2, 0.25) is 0 Å². The lowest BCUT2D eigenvalue weighted by atomic mass is 9.98. The summed E-state index contributed by atoms with van der Waals surface area (Å²) in [5.41, 5.74) is 4.55. The van der Waals surface area contributed by atoms with Gasteiger partial charge in [0, 0.05) is 12.0 Å². The van der Waals surface area contributed by atoms with Gasteiger partial charge in [-0.2, -0.15) is 0 Å². The highest BCUT2D eigenvalue weighted by atomic mass is 16.5. The lowest BCUT2D eigenvalue weighted by Crippen LogP contribution is -2.44. The highest BCUT2D eigenvalue weighted by Crippen LogP contribution is 2.44. The third kappa shape index (κ3) is 4.80. The monoisotopic (exact) mass is 462 g/mol. The number of nitrogens with one attached hydrogen (secondary N) is 2. The van der Waals surface area contributed by atoms with Gasteiger partial charge in [0.15, 0.2) is 0 Å². The summed E-state index contributed by atoms with van der Waals surface area (Å²) in [6, 6.07) is 18.5. The SMILES string of the molecule is CC(NC(=O)OCC1c2ccccc2-c2ccccc21)C(C)C(=O)NCc1ccc(C(=O)O)o1. The fourth-order valence-corrected chi connectivity index (χ4v) is 4.10.